The van der Waals surface area contributed by atoms with E-state index in [1.165, 1.54) is 0 Å². The first-order valence-corrected chi connectivity index (χ1v) is 6.15. The Morgan fingerprint density at radius 2 is 1.65 bits per heavy atom. The Balaban J connectivity index is 2.45. The van der Waals surface area contributed by atoms with Crippen LogP contribution in [0.25, 0.3) is 0 Å². The van der Waals surface area contributed by atoms with E-state index in [-0.39, 0.29) is 20.8 Å². The Kier molecular flexibility index (Phi) is 3.61. The van der Waals surface area contributed by atoms with Crippen molar-refractivity contribution in [2.24, 2.45) is 0 Å². The van der Waals surface area contributed by atoms with Gasteiger partial charge in [0.15, 0.2) is 0 Å². The third kappa shape index (κ3) is 2.15. The van der Waals surface area contributed by atoms with Crippen LogP contribution < -0.4 is 0 Å². The van der Waals surface area contributed by atoms with Crippen molar-refractivity contribution in [2.75, 3.05) is 6.54 Å². The molecule has 0 fully saturated rings. The summed E-state index contributed by atoms with van der Waals surface area (Å²) in [5, 5.41) is -0.752. The Hall–Kier alpha value is -0.770. The summed E-state index contributed by atoms with van der Waals surface area (Å²) in [6.45, 7) is 0.628. The van der Waals surface area contributed by atoms with E-state index in [4.69, 9.17) is 34.8 Å². The van der Waals surface area contributed by atoms with E-state index in [1.54, 1.807) is 11.1 Å². The van der Waals surface area contributed by atoms with Crippen LogP contribution >= 0.6 is 34.8 Å². The first-order valence-electron chi connectivity index (χ1n) is 5.01. The lowest BCUT2D eigenvalue weighted by atomic mass is 10.1. The number of Topliss-reactive ketones (excluding diaryl/α,β-unsaturated/α-hetero) is 2. The lowest BCUT2D eigenvalue weighted by Crippen LogP contribution is -2.31. The highest BCUT2D eigenvalue weighted by molar-refractivity contribution is 6.64. The molecule has 0 radical (unpaired) electrons. The number of hydrogen-bond acceptors (Lipinski definition) is 3. The normalized spacial score (nSPS) is 21.7. The summed E-state index contributed by atoms with van der Waals surface area (Å²) in [6.07, 6.45) is 5.47. The average Bonchev–Trinajstić information content (AvgIpc) is 2.36. The number of carbonyl (C=O) groups excluding carboxylic acids is 2. The fourth-order valence-electron chi connectivity index (χ4n) is 1.71. The van der Waals surface area contributed by atoms with Crippen molar-refractivity contribution in [1.82, 2.24) is 4.90 Å². The minimum Gasteiger partial charge on any atom is -0.344 e. The molecule has 90 valence electrons. The van der Waals surface area contributed by atoms with Gasteiger partial charge in [-0.2, -0.15) is 0 Å². The first-order chi connectivity index (χ1) is 8.04. The number of ketones is 2. The maximum Gasteiger partial charge on any atom is 0.224 e. The molecule has 1 aliphatic heterocycles. The fourth-order valence-corrected chi connectivity index (χ4v) is 2.40. The van der Waals surface area contributed by atoms with Crippen LogP contribution in [-0.2, 0) is 9.59 Å². The van der Waals surface area contributed by atoms with Gasteiger partial charge in [-0.3, -0.25) is 9.59 Å². The predicted molar refractivity (Wildman–Crippen MR) is 66.7 cm³/mol. The molecular weight excluding hydrogens is 284 g/mol. The van der Waals surface area contributed by atoms with E-state index >= 15 is 0 Å². The van der Waals surface area contributed by atoms with Crippen molar-refractivity contribution in [3.05, 3.63) is 33.1 Å². The monoisotopic (exact) mass is 291 g/mol. The summed E-state index contributed by atoms with van der Waals surface area (Å²) >= 11 is 17.2. The van der Waals surface area contributed by atoms with Crippen LogP contribution in [0.4, 0.5) is 0 Å². The van der Waals surface area contributed by atoms with Gasteiger partial charge in [-0.1, -0.05) is 40.9 Å². The van der Waals surface area contributed by atoms with Crippen LogP contribution in [0, 0.1) is 0 Å². The molecule has 0 saturated heterocycles. The van der Waals surface area contributed by atoms with Crippen LogP contribution in [0.3, 0.4) is 0 Å². The second kappa shape index (κ2) is 4.84. The molecule has 0 saturated carbocycles. The maximum atomic E-state index is 11.9. The SMILES string of the molecule is O=C1C(Cl)=C(Cl)C(=O)C(N2C=CCCC2)=C1Cl. The number of allylic oxidation sites excluding steroid dienone is 4. The average molecular weight is 293 g/mol. The number of rotatable bonds is 1. The van der Waals surface area contributed by atoms with Gasteiger partial charge in [-0.25, -0.2) is 0 Å². The molecule has 0 spiro atoms. The highest BCUT2D eigenvalue weighted by atomic mass is 35.5. The van der Waals surface area contributed by atoms with Crippen molar-refractivity contribution < 1.29 is 9.59 Å². The number of carbonyl (C=O) groups is 2. The molecule has 0 N–H and O–H groups in total. The van der Waals surface area contributed by atoms with E-state index in [9.17, 15) is 9.59 Å². The molecule has 0 aromatic rings. The smallest absolute Gasteiger partial charge is 0.224 e. The Labute approximate surface area is 113 Å². The predicted octanol–water partition coefficient (Wildman–Crippen LogP) is 2.89. The zero-order chi connectivity index (χ0) is 12.6. The molecule has 0 aromatic heterocycles. The van der Waals surface area contributed by atoms with Crippen molar-refractivity contribution in [3.63, 3.8) is 0 Å². The number of halogens is 3. The standard InChI is InChI=1S/C11H8Cl3NO2/c12-6-7(13)11(17)9(8(14)10(6)16)15-4-2-1-3-5-15/h2,4H,1,3,5H2. The lowest BCUT2D eigenvalue weighted by molar-refractivity contribution is -0.116. The molecule has 3 nitrogen and oxygen atoms in total. The Morgan fingerprint density at radius 3 is 2.24 bits per heavy atom. The molecule has 2 aliphatic rings. The Morgan fingerprint density at radius 1 is 1.00 bits per heavy atom. The van der Waals surface area contributed by atoms with Gasteiger partial charge in [-0.05, 0) is 12.8 Å². The molecule has 0 bridgehead atoms. The highest BCUT2D eigenvalue weighted by Crippen LogP contribution is 2.33. The van der Waals surface area contributed by atoms with Gasteiger partial charge >= 0.3 is 0 Å². The Bertz CT molecular complexity index is 491. The van der Waals surface area contributed by atoms with Gasteiger partial charge in [0.05, 0.1) is 0 Å². The van der Waals surface area contributed by atoms with Crippen LogP contribution in [0.1, 0.15) is 12.8 Å². The van der Waals surface area contributed by atoms with Crippen LogP contribution in [-0.4, -0.2) is 23.0 Å². The van der Waals surface area contributed by atoms with E-state index < -0.39 is 11.6 Å². The largest absolute Gasteiger partial charge is 0.344 e. The van der Waals surface area contributed by atoms with Crippen LogP contribution in [0.2, 0.25) is 0 Å². The quantitative estimate of drug-likeness (QED) is 0.697. The minimum atomic E-state index is -0.605. The molecule has 0 unspecified atom stereocenters. The third-order valence-electron chi connectivity index (χ3n) is 2.56. The summed E-state index contributed by atoms with van der Waals surface area (Å²) in [7, 11) is 0. The maximum absolute atomic E-state index is 11.9. The van der Waals surface area contributed by atoms with Gasteiger partial charge in [-0.15, -0.1) is 0 Å². The third-order valence-corrected chi connectivity index (χ3v) is 3.72. The molecule has 1 aliphatic carbocycles. The zero-order valence-electron chi connectivity index (χ0n) is 8.67. The van der Waals surface area contributed by atoms with Gasteiger partial charge in [0.2, 0.25) is 11.6 Å². The van der Waals surface area contributed by atoms with Crippen molar-refractivity contribution in [1.29, 1.82) is 0 Å². The molecule has 2 rings (SSSR count). The van der Waals surface area contributed by atoms with Gasteiger partial charge in [0.25, 0.3) is 0 Å². The zero-order valence-corrected chi connectivity index (χ0v) is 10.9. The molecule has 0 amide bonds. The van der Waals surface area contributed by atoms with Crippen molar-refractivity contribution >= 4 is 46.4 Å². The van der Waals surface area contributed by atoms with E-state index in [2.05, 4.69) is 0 Å². The van der Waals surface area contributed by atoms with Gasteiger partial charge in [0.1, 0.15) is 20.8 Å². The summed E-state index contributed by atoms with van der Waals surface area (Å²) < 4.78 is 0. The van der Waals surface area contributed by atoms with E-state index in [1.807, 2.05) is 6.08 Å². The molecule has 0 atom stereocenters. The van der Waals surface area contributed by atoms with E-state index in [0.29, 0.717) is 6.54 Å². The summed E-state index contributed by atoms with van der Waals surface area (Å²) in [5.41, 5.74) is 0.113. The molecular formula is C11H8Cl3NO2. The fraction of sp³-hybridized carbons (Fsp3) is 0.273. The van der Waals surface area contributed by atoms with Crippen molar-refractivity contribution in [3.8, 4) is 0 Å². The molecule has 6 heteroatoms. The van der Waals surface area contributed by atoms with E-state index in [0.717, 1.165) is 12.8 Å². The first kappa shape index (κ1) is 12.7. The molecule has 1 heterocycles. The lowest BCUT2D eigenvalue weighted by Gasteiger charge is -2.27. The van der Waals surface area contributed by atoms with Gasteiger partial charge < -0.3 is 4.90 Å². The number of hydrogen-bond donors (Lipinski definition) is 0. The second-order valence-corrected chi connectivity index (χ2v) is 4.80. The molecule has 17 heavy (non-hydrogen) atoms. The minimum absolute atomic E-state index is 0.113. The molecule has 0 aromatic carbocycles. The second-order valence-electron chi connectivity index (χ2n) is 3.67. The highest BCUT2D eigenvalue weighted by Gasteiger charge is 2.34. The summed E-state index contributed by atoms with van der Waals surface area (Å²) in [6, 6.07) is 0. The summed E-state index contributed by atoms with van der Waals surface area (Å²) in [4.78, 5) is 25.3. The van der Waals surface area contributed by atoms with Crippen LogP contribution in [0.15, 0.2) is 33.1 Å². The topological polar surface area (TPSA) is 37.4 Å². The van der Waals surface area contributed by atoms with Crippen molar-refractivity contribution in [2.45, 2.75) is 12.8 Å². The van der Waals surface area contributed by atoms with Crippen LogP contribution in [0.5, 0.6) is 0 Å². The number of nitrogens with zero attached hydrogens (tertiary/aromatic N) is 1. The summed E-state index contributed by atoms with van der Waals surface area (Å²) in [5.74, 6) is -1.11. The van der Waals surface area contributed by atoms with Gasteiger partial charge in [0, 0.05) is 12.7 Å².